The minimum absolute atomic E-state index is 0.271. The van der Waals surface area contributed by atoms with Gasteiger partial charge < -0.3 is 22.1 Å². The van der Waals surface area contributed by atoms with Crippen LogP contribution >= 0.6 is 0 Å². The van der Waals surface area contributed by atoms with Gasteiger partial charge in [0.05, 0.1) is 10.8 Å². The molecule has 5 aromatic rings. The fourth-order valence-electron chi connectivity index (χ4n) is 3.96. The van der Waals surface area contributed by atoms with Crippen molar-refractivity contribution in [1.82, 2.24) is 0 Å². The Kier molecular flexibility index (Phi) is 5.28. The van der Waals surface area contributed by atoms with Gasteiger partial charge in [-0.25, -0.2) is 0 Å². The number of carbonyl (C=O) groups excluding carboxylic acids is 2. The Balaban J connectivity index is 1.39. The molecule has 0 amide bonds. The van der Waals surface area contributed by atoms with Crippen molar-refractivity contribution < 1.29 is 31.7 Å². The normalized spacial score (nSPS) is 12.2. The van der Waals surface area contributed by atoms with Gasteiger partial charge in [-0.1, -0.05) is 0 Å². The molecule has 0 fully saturated rings. The summed E-state index contributed by atoms with van der Waals surface area (Å²) in [6, 6.07) is 17.9. The van der Waals surface area contributed by atoms with Crippen LogP contribution < -0.4 is 0 Å². The molecule has 0 saturated heterocycles. The number of hydrogen-bond acceptors (Lipinski definition) is 7. The Hall–Kier alpha value is -4.26. The molecule has 5 rings (SSSR count). The third kappa shape index (κ3) is 3.89. The molecule has 5 heterocycles. The molecule has 7 nitrogen and oxygen atoms in total. The number of furan rings is 5. The highest BCUT2D eigenvalue weighted by atomic mass is 16.4. The molecular weight excluding hydrogens is 448 g/mol. The molecule has 35 heavy (non-hydrogen) atoms. The summed E-state index contributed by atoms with van der Waals surface area (Å²) in [5.74, 6) is 5.37. The Labute approximate surface area is 201 Å². The maximum absolute atomic E-state index is 11.0. The summed E-state index contributed by atoms with van der Waals surface area (Å²) in [4.78, 5) is 22.0. The van der Waals surface area contributed by atoms with Crippen LogP contribution in [0.2, 0.25) is 0 Å². The quantitative estimate of drug-likeness (QED) is 0.219. The van der Waals surface area contributed by atoms with Crippen LogP contribution in [0.15, 0.2) is 82.7 Å². The van der Waals surface area contributed by atoms with Crippen LogP contribution in [0.4, 0.5) is 0 Å². The highest BCUT2D eigenvalue weighted by molar-refractivity contribution is 5.71. The lowest BCUT2D eigenvalue weighted by molar-refractivity contribution is 0.109. The molecule has 0 aliphatic carbocycles. The summed E-state index contributed by atoms with van der Waals surface area (Å²) >= 11 is 0. The number of carbonyl (C=O) groups is 2. The van der Waals surface area contributed by atoms with Crippen molar-refractivity contribution in [2.45, 2.75) is 38.5 Å². The van der Waals surface area contributed by atoms with Crippen LogP contribution in [0.5, 0.6) is 0 Å². The summed E-state index contributed by atoms with van der Waals surface area (Å²) in [6.07, 6.45) is 1.35. The van der Waals surface area contributed by atoms with E-state index in [9.17, 15) is 9.59 Å². The van der Waals surface area contributed by atoms with E-state index in [4.69, 9.17) is 22.1 Å². The van der Waals surface area contributed by atoms with Crippen molar-refractivity contribution in [2.75, 3.05) is 0 Å². The van der Waals surface area contributed by atoms with Gasteiger partial charge in [-0.05, 0) is 88.4 Å². The van der Waals surface area contributed by atoms with Gasteiger partial charge in [-0.15, -0.1) is 0 Å². The van der Waals surface area contributed by atoms with Crippen molar-refractivity contribution in [3.8, 4) is 23.0 Å². The lowest BCUT2D eigenvalue weighted by atomic mass is 9.87. The minimum Gasteiger partial charge on any atom is -0.457 e. The van der Waals surface area contributed by atoms with Crippen LogP contribution in [-0.2, 0) is 10.8 Å². The van der Waals surface area contributed by atoms with Crippen LogP contribution in [0.25, 0.3) is 23.0 Å². The van der Waals surface area contributed by atoms with Crippen molar-refractivity contribution >= 4 is 12.6 Å². The minimum atomic E-state index is -0.577. The van der Waals surface area contributed by atoms with Crippen LogP contribution in [0, 0.1) is 0 Å². The second kappa shape index (κ2) is 8.20. The van der Waals surface area contributed by atoms with E-state index in [2.05, 4.69) is 0 Å². The van der Waals surface area contributed by atoms with E-state index in [1.807, 2.05) is 64.1 Å². The van der Waals surface area contributed by atoms with Crippen molar-refractivity contribution in [3.63, 3.8) is 0 Å². The summed E-state index contributed by atoms with van der Waals surface area (Å²) in [5.41, 5.74) is -1.15. The van der Waals surface area contributed by atoms with Gasteiger partial charge in [0.1, 0.15) is 23.0 Å². The summed E-state index contributed by atoms with van der Waals surface area (Å²) in [6.45, 7) is 7.83. The van der Waals surface area contributed by atoms with E-state index in [0.29, 0.717) is 58.7 Å². The van der Waals surface area contributed by atoms with E-state index >= 15 is 0 Å². The third-order valence-electron chi connectivity index (χ3n) is 6.25. The van der Waals surface area contributed by atoms with E-state index in [-0.39, 0.29) is 11.5 Å². The molecule has 0 unspecified atom stereocenters. The van der Waals surface area contributed by atoms with Gasteiger partial charge in [0.25, 0.3) is 0 Å². The molecule has 0 radical (unpaired) electrons. The lowest BCUT2D eigenvalue weighted by Gasteiger charge is -2.19. The second-order valence-corrected chi connectivity index (χ2v) is 9.38. The monoisotopic (exact) mass is 472 g/mol. The molecule has 0 bridgehead atoms. The van der Waals surface area contributed by atoms with E-state index < -0.39 is 10.8 Å². The molecule has 0 N–H and O–H groups in total. The standard InChI is InChI=1S/C28H24O7/c1-27(2,23-11-5-17(15-29)31-23)25-13-9-21(34-25)19-7-8-20(33-19)22-10-14-26(35-22)28(3,4)24-12-6-18(16-30)32-24/h5-16H,1-4H3. The SMILES string of the molecule is CC(C)(c1ccc(C=O)o1)c1ccc(-c2ccc(-c3ccc(C(C)(C)c4ccc(C=O)o4)o3)o2)o1. The first-order chi connectivity index (χ1) is 16.7. The fraction of sp³-hybridized carbons (Fsp3) is 0.214. The van der Waals surface area contributed by atoms with E-state index in [1.54, 1.807) is 24.3 Å². The predicted octanol–water partition coefficient (Wildman–Crippen LogP) is 7.26. The van der Waals surface area contributed by atoms with Crippen molar-refractivity contribution in [2.24, 2.45) is 0 Å². The van der Waals surface area contributed by atoms with E-state index in [1.165, 1.54) is 0 Å². The number of hydrogen-bond donors (Lipinski definition) is 0. The highest BCUT2D eigenvalue weighted by Gasteiger charge is 2.32. The first kappa shape index (κ1) is 22.5. The molecule has 0 aromatic carbocycles. The molecular formula is C28H24O7. The summed E-state index contributed by atoms with van der Waals surface area (Å²) in [7, 11) is 0. The maximum atomic E-state index is 11.0. The third-order valence-corrected chi connectivity index (χ3v) is 6.25. The lowest BCUT2D eigenvalue weighted by Crippen LogP contribution is -2.16. The van der Waals surface area contributed by atoms with Gasteiger partial charge in [-0.3, -0.25) is 9.59 Å². The number of rotatable bonds is 8. The van der Waals surface area contributed by atoms with Crippen LogP contribution in [0.3, 0.4) is 0 Å². The molecule has 0 aliphatic rings. The second-order valence-electron chi connectivity index (χ2n) is 9.38. The smallest absolute Gasteiger partial charge is 0.185 e. The Bertz CT molecular complexity index is 1380. The summed E-state index contributed by atoms with van der Waals surface area (Å²) < 4.78 is 29.5. The number of aldehydes is 2. The van der Waals surface area contributed by atoms with Gasteiger partial charge in [0, 0.05) is 0 Å². The maximum Gasteiger partial charge on any atom is 0.185 e. The molecule has 0 saturated carbocycles. The average molecular weight is 472 g/mol. The fourth-order valence-corrected chi connectivity index (χ4v) is 3.96. The Morgan fingerprint density at radius 1 is 0.457 bits per heavy atom. The molecule has 0 spiro atoms. The van der Waals surface area contributed by atoms with Crippen molar-refractivity contribution in [3.05, 3.63) is 95.2 Å². The Morgan fingerprint density at radius 2 is 0.771 bits per heavy atom. The average Bonchev–Trinajstić information content (AvgIpc) is 3.68. The van der Waals surface area contributed by atoms with Crippen LogP contribution in [0.1, 0.15) is 71.8 Å². The summed E-state index contributed by atoms with van der Waals surface area (Å²) in [5, 5.41) is 0. The molecule has 5 aromatic heterocycles. The highest BCUT2D eigenvalue weighted by Crippen LogP contribution is 2.39. The first-order valence-electron chi connectivity index (χ1n) is 11.1. The largest absolute Gasteiger partial charge is 0.457 e. The van der Waals surface area contributed by atoms with Crippen LogP contribution in [-0.4, -0.2) is 12.6 Å². The first-order valence-corrected chi connectivity index (χ1v) is 11.1. The van der Waals surface area contributed by atoms with Gasteiger partial charge in [0.2, 0.25) is 0 Å². The zero-order valence-electron chi connectivity index (χ0n) is 19.8. The van der Waals surface area contributed by atoms with Gasteiger partial charge in [0.15, 0.2) is 47.1 Å². The van der Waals surface area contributed by atoms with Crippen molar-refractivity contribution in [1.29, 1.82) is 0 Å². The van der Waals surface area contributed by atoms with E-state index in [0.717, 1.165) is 0 Å². The Morgan fingerprint density at radius 3 is 1.14 bits per heavy atom. The zero-order chi connectivity index (χ0) is 24.8. The predicted molar refractivity (Wildman–Crippen MR) is 127 cm³/mol. The molecule has 0 atom stereocenters. The molecule has 0 aliphatic heterocycles. The molecule has 7 heteroatoms. The van der Waals surface area contributed by atoms with Gasteiger partial charge >= 0.3 is 0 Å². The topological polar surface area (TPSA) is 99.8 Å². The van der Waals surface area contributed by atoms with Gasteiger partial charge in [-0.2, -0.15) is 0 Å². The molecule has 178 valence electrons. The zero-order valence-corrected chi connectivity index (χ0v) is 19.8.